The molecule has 0 fully saturated rings. The van der Waals surface area contributed by atoms with Gasteiger partial charge in [-0.25, -0.2) is 9.78 Å². The molecular formula is C11H6Cl4N2O3. The number of carbonyl (C=O) groups is 1. The first-order valence-corrected chi connectivity index (χ1v) is 6.70. The van der Waals surface area contributed by atoms with Gasteiger partial charge in [0.25, 0.3) is 0 Å². The number of carbonyl (C=O) groups excluding carboxylic acids is 1. The first-order chi connectivity index (χ1) is 9.40. The Morgan fingerprint density at radius 2 is 1.95 bits per heavy atom. The van der Waals surface area contributed by atoms with Crippen LogP contribution in [0.5, 0.6) is 0 Å². The molecule has 9 heteroatoms. The van der Waals surface area contributed by atoms with Gasteiger partial charge in [-0.1, -0.05) is 51.6 Å². The van der Waals surface area contributed by atoms with Crippen LogP contribution in [0.15, 0.2) is 10.6 Å². The summed E-state index contributed by atoms with van der Waals surface area (Å²) in [7, 11) is 0. The van der Waals surface area contributed by atoms with Gasteiger partial charge >= 0.3 is 5.97 Å². The molecule has 0 spiro atoms. The third-order valence-corrected chi connectivity index (χ3v) is 3.88. The van der Waals surface area contributed by atoms with Crippen molar-refractivity contribution in [3.8, 4) is 0 Å². The summed E-state index contributed by atoms with van der Waals surface area (Å²) in [5.41, 5.74) is 0.240. The molecule has 0 bridgehead atoms. The summed E-state index contributed by atoms with van der Waals surface area (Å²) in [5, 5.41) is 3.33. The van der Waals surface area contributed by atoms with Crippen LogP contribution in [-0.2, 0) is 11.3 Å². The molecule has 0 aliphatic carbocycles. The molecule has 0 radical (unpaired) electrons. The smallest absolute Gasteiger partial charge is 0.359 e. The van der Waals surface area contributed by atoms with E-state index in [0.717, 1.165) is 0 Å². The lowest BCUT2D eigenvalue weighted by Gasteiger charge is -2.07. The molecule has 2 rings (SSSR count). The van der Waals surface area contributed by atoms with Crippen molar-refractivity contribution in [1.29, 1.82) is 0 Å². The van der Waals surface area contributed by atoms with Crippen molar-refractivity contribution in [2.24, 2.45) is 0 Å². The number of pyridine rings is 1. The van der Waals surface area contributed by atoms with Crippen LogP contribution in [0.25, 0.3) is 0 Å². The summed E-state index contributed by atoms with van der Waals surface area (Å²) in [6.45, 7) is 1.63. The number of esters is 1. The zero-order valence-electron chi connectivity index (χ0n) is 9.92. The summed E-state index contributed by atoms with van der Waals surface area (Å²) in [6, 6.07) is 1.63. The highest BCUT2D eigenvalue weighted by atomic mass is 35.5. The van der Waals surface area contributed by atoms with E-state index >= 15 is 0 Å². The molecule has 2 aromatic heterocycles. The number of nitrogens with zero attached hydrogens (tertiary/aromatic N) is 2. The minimum absolute atomic E-state index is 0.0259. The van der Waals surface area contributed by atoms with Crippen molar-refractivity contribution < 1.29 is 14.1 Å². The molecule has 5 nitrogen and oxygen atoms in total. The maximum absolute atomic E-state index is 11.9. The van der Waals surface area contributed by atoms with Gasteiger partial charge in [0, 0.05) is 6.07 Å². The Kier molecular flexibility index (Phi) is 4.75. The number of ether oxygens (including phenoxy) is 1. The van der Waals surface area contributed by atoms with Crippen molar-refractivity contribution in [3.05, 3.63) is 43.4 Å². The zero-order chi connectivity index (χ0) is 14.9. The van der Waals surface area contributed by atoms with Crippen molar-refractivity contribution in [2.45, 2.75) is 13.5 Å². The van der Waals surface area contributed by atoms with Gasteiger partial charge in [0.05, 0.1) is 15.1 Å². The standard InChI is InChI=1S/C11H6Cl4N2O3/c1-4-2-5(17-20-4)3-19-11(18)9-7(13)6(12)8(14)10(15)16-9/h2H,3H2,1H3. The summed E-state index contributed by atoms with van der Waals surface area (Å²) in [5.74, 6) is -0.194. The van der Waals surface area contributed by atoms with E-state index in [2.05, 4.69) is 10.1 Å². The van der Waals surface area contributed by atoms with Crippen LogP contribution in [0.1, 0.15) is 21.9 Å². The highest BCUT2D eigenvalue weighted by molar-refractivity contribution is 6.52. The van der Waals surface area contributed by atoms with Crippen molar-refractivity contribution >= 4 is 52.4 Å². The van der Waals surface area contributed by atoms with Crippen molar-refractivity contribution in [3.63, 3.8) is 0 Å². The minimum atomic E-state index is -0.795. The molecule has 2 aromatic rings. The first kappa shape index (κ1) is 15.4. The second-order valence-electron chi connectivity index (χ2n) is 3.70. The van der Waals surface area contributed by atoms with E-state index in [1.807, 2.05) is 0 Å². The average Bonchev–Trinajstić information content (AvgIpc) is 2.83. The number of halogens is 4. The SMILES string of the molecule is Cc1cc(COC(=O)c2nc(Cl)c(Cl)c(Cl)c2Cl)no1. The molecule has 2 heterocycles. The Hall–Kier alpha value is -1.01. The van der Waals surface area contributed by atoms with Crippen LogP contribution in [0.4, 0.5) is 0 Å². The molecule has 0 aliphatic heterocycles. The number of rotatable bonds is 3. The van der Waals surface area contributed by atoms with E-state index in [1.54, 1.807) is 13.0 Å². The fraction of sp³-hybridized carbons (Fsp3) is 0.182. The Morgan fingerprint density at radius 1 is 1.25 bits per heavy atom. The molecule has 0 amide bonds. The predicted molar refractivity (Wildman–Crippen MR) is 74.6 cm³/mol. The average molecular weight is 356 g/mol. The van der Waals surface area contributed by atoms with Gasteiger partial charge in [-0.3, -0.25) is 0 Å². The maximum atomic E-state index is 11.9. The molecule has 0 saturated heterocycles. The van der Waals surface area contributed by atoms with Crippen LogP contribution in [0.3, 0.4) is 0 Å². The van der Waals surface area contributed by atoms with Crippen LogP contribution >= 0.6 is 46.4 Å². The van der Waals surface area contributed by atoms with Gasteiger partial charge < -0.3 is 9.26 Å². The molecule has 0 aromatic carbocycles. The van der Waals surface area contributed by atoms with Crippen molar-refractivity contribution in [2.75, 3.05) is 0 Å². The lowest BCUT2D eigenvalue weighted by molar-refractivity contribution is 0.0457. The molecule has 0 unspecified atom stereocenters. The van der Waals surface area contributed by atoms with Gasteiger partial charge in [-0.15, -0.1) is 0 Å². The number of hydrogen-bond acceptors (Lipinski definition) is 5. The van der Waals surface area contributed by atoms with E-state index < -0.39 is 5.97 Å². The van der Waals surface area contributed by atoms with Crippen molar-refractivity contribution in [1.82, 2.24) is 10.1 Å². The molecule has 106 valence electrons. The third kappa shape index (κ3) is 3.17. The molecular weight excluding hydrogens is 350 g/mol. The van der Waals surface area contributed by atoms with Crippen LogP contribution < -0.4 is 0 Å². The predicted octanol–water partition coefficient (Wildman–Crippen LogP) is 4.35. The molecule has 0 atom stereocenters. The van der Waals surface area contributed by atoms with Gasteiger partial charge in [0.2, 0.25) is 0 Å². The second kappa shape index (κ2) is 6.18. The quantitative estimate of drug-likeness (QED) is 0.604. The van der Waals surface area contributed by atoms with E-state index in [9.17, 15) is 4.79 Å². The molecule has 20 heavy (non-hydrogen) atoms. The number of aromatic nitrogens is 2. The number of aryl methyl sites for hydroxylation is 1. The van der Waals surface area contributed by atoms with E-state index in [-0.39, 0.29) is 32.5 Å². The van der Waals surface area contributed by atoms with E-state index in [0.29, 0.717) is 11.5 Å². The molecule has 0 N–H and O–H groups in total. The fourth-order valence-electron chi connectivity index (χ4n) is 1.32. The Balaban J connectivity index is 2.17. The third-order valence-electron chi connectivity index (χ3n) is 2.21. The van der Waals surface area contributed by atoms with Crippen LogP contribution in [-0.4, -0.2) is 16.1 Å². The van der Waals surface area contributed by atoms with Crippen LogP contribution in [0.2, 0.25) is 20.2 Å². The Bertz CT molecular complexity index is 672. The summed E-state index contributed by atoms with van der Waals surface area (Å²) < 4.78 is 9.83. The maximum Gasteiger partial charge on any atom is 0.359 e. The minimum Gasteiger partial charge on any atom is -0.454 e. The topological polar surface area (TPSA) is 65.2 Å². The van der Waals surface area contributed by atoms with Gasteiger partial charge in [0.15, 0.2) is 5.69 Å². The molecule has 0 saturated carbocycles. The Morgan fingerprint density at radius 3 is 2.55 bits per heavy atom. The highest BCUT2D eigenvalue weighted by Crippen LogP contribution is 2.36. The Labute approximate surface area is 133 Å². The summed E-state index contributed by atoms with van der Waals surface area (Å²) in [4.78, 5) is 15.6. The van der Waals surface area contributed by atoms with E-state index in [4.69, 9.17) is 55.7 Å². The van der Waals surface area contributed by atoms with Gasteiger partial charge in [0.1, 0.15) is 23.2 Å². The summed E-state index contributed by atoms with van der Waals surface area (Å²) >= 11 is 23.2. The normalized spacial score (nSPS) is 10.7. The largest absolute Gasteiger partial charge is 0.454 e. The summed E-state index contributed by atoms with van der Waals surface area (Å²) in [6.07, 6.45) is 0. The number of hydrogen-bond donors (Lipinski definition) is 0. The van der Waals surface area contributed by atoms with Gasteiger partial charge in [-0.05, 0) is 6.92 Å². The van der Waals surface area contributed by atoms with E-state index in [1.165, 1.54) is 0 Å². The second-order valence-corrected chi connectivity index (χ2v) is 5.19. The molecule has 0 aliphatic rings. The van der Waals surface area contributed by atoms with Gasteiger partial charge in [-0.2, -0.15) is 0 Å². The highest BCUT2D eigenvalue weighted by Gasteiger charge is 2.21. The van der Waals surface area contributed by atoms with Crippen LogP contribution in [0, 0.1) is 6.92 Å². The zero-order valence-corrected chi connectivity index (χ0v) is 12.9. The monoisotopic (exact) mass is 354 g/mol. The fourth-order valence-corrected chi connectivity index (χ4v) is 2.12. The first-order valence-electron chi connectivity index (χ1n) is 5.19. The lowest BCUT2D eigenvalue weighted by Crippen LogP contribution is -2.09. The lowest BCUT2D eigenvalue weighted by atomic mass is 10.3.